The maximum atomic E-state index is 14.6. The number of benzene rings is 1. The Morgan fingerprint density at radius 3 is 2.64 bits per heavy atom. The monoisotopic (exact) mass is 480 g/mol. The minimum atomic E-state index is -0.792. The predicted molar refractivity (Wildman–Crippen MR) is 118 cm³/mol. The van der Waals surface area contributed by atoms with Crippen LogP contribution in [0.5, 0.6) is 0 Å². The number of amidine groups is 1. The van der Waals surface area contributed by atoms with Gasteiger partial charge in [-0.3, -0.25) is 15.0 Å². The van der Waals surface area contributed by atoms with E-state index in [0.717, 1.165) is 0 Å². The molecule has 2 saturated heterocycles. The molecule has 2 atom stereocenters. The lowest BCUT2D eigenvalue weighted by molar-refractivity contribution is -0.127. The third-order valence-electron chi connectivity index (χ3n) is 6.10. The Bertz CT molecular complexity index is 963. The van der Waals surface area contributed by atoms with E-state index in [1.165, 1.54) is 17.0 Å². The zero-order chi connectivity index (χ0) is 23.7. The van der Waals surface area contributed by atoms with Crippen molar-refractivity contribution < 1.29 is 23.5 Å². The van der Waals surface area contributed by atoms with Crippen molar-refractivity contribution in [2.24, 2.45) is 4.99 Å². The Balaban J connectivity index is 1.54. The first kappa shape index (κ1) is 23.2. The van der Waals surface area contributed by atoms with E-state index in [0.29, 0.717) is 45.2 Å². The van der Waals surface area contributed by atoms with Crippen molar-refractivity contribution >= 4 is 35.5 Å². The van der Waals surface area contributed by atoms with Gasteiger partial charge in [0, 0.05) is 50.4 Å². The van der Waals surface area contributed by atoms with Crippen molar-refractivity contribution in [1.29, 1.82) is 0 Å². The van der Waals surface area contributed by atoms with E-state index in [4.69, 9.17) is 16.3 Å². The van der Waals surface area contributed by atoms with E-state index in [-0.39, 0.29) is 23.2 Å². The summed E-state index contributed by atoms with van der Waals surface area (Å²) in [5.41, 5.74) is 0.256. The number of halogens is 2. The Morgan fingerprint density at radius 1 is 1.24 bits per heavy atom. The molecule has 0 aliphatic carbocycles. The summed E-state index contributed by atoms with van der Waals surface area (Å²) in [5, 5.41) is 2.59. The lowest BCUT2D eigenvalue weighted by atomic mass is 10.1. The van der Waals surface area contributed by atoms with E-state index in [1.807, 2.05) is 0 Å². The number of urea groups is 1. The van der Waals surface area contributed by atoms with Crippen molar-refractivity contribution in [1.82, 2.24) is 24.9 Å². The highest BCUT2D eigenvalue weighted by atomic mass is 35.5. The van der Waals surface area contributed by atoms with Crippen LogP contribution in [0.15, 0.2) is 23.2 Å². The molecule has 12 heteroatoms. The minimum Gasteiger partial charge on any atom is -0.450 e. The van der Waals surface area contributed by atoms with Crippen molar-refractivity contribution in [2.75, 3.05) is 46.4 Å². The van der Waals surface area contributed by atoms with E-state index in [1.54, 1.807) is 29.8 Å². The smallest absolute Gasteiger partial charge is 0.409 e. The Kier molecular flexibility index (Phi) is 6.71. The van der Waals surface area contributed by atoms with Crippen molar-refractivity contribution in [3.63, 3.8) is 0 Å². The lowest BCUT2D eigenvalue weighted by Gasteiger charge is -2.38. The van der Waals surface area contributed by atoms with E-state index in [2.05, 4.69) is 15.2 Å². The van der Waals surface area contributed by atoms with Gasteiger partial charge < -0.3 is 19.4 Å². The number of ether oxygens (including phenoxy) is 1. The first-order valence-electron chi connectivity index (χ1n) is 10.8. The Hall–Kier alpha value is -2.92. The van der Waals surface area contributed by atoms with E-state index < -0.39 is 30.0 Å². The molecule has 0 aromatic heterocycles. The maximum Gasteiger partial charge on any atom is 0.409 e. The number of nitrogens with zero attached hydrogens (tertiary/aromatic N) is 5. The molecule has 3 aliphatic heterocycles. The molecular formula is C21H26ClFN6O4. The summed E-state index contributed by atoms with van der Waals surface area (Å²) in [4.78, 5) is 48.4. The zero-order valence-electron chi connectivity index (χ0n) is 18.5. The van der Waals surface area contributed by atoms with Gasteiger partial charge in [0.25, 0.3) is 5.91 Å². The molecule has 1 aromatic rings. The molecule has 4 rings (SSSR count). The van der Waals surface area contributed by atoms with Crippen LogP contribution in [0.25, 0.3) is 0 Å². The molecule has 2 unspecified atom stereocenters. The molecule has 0 radical (unpaired) electrons. The summed E-state index contributed by atoms with van der Waals surface area (Å²) in [5.74, 6) is -0.402. The second kappa shape index (κ2) is 9.52. The van der Waals surface area contributed by atoms with Crippen LogP contribution in [-0.4, -0.2) is 102 Å². The first-order chi connectivity index (χ1) is 15.8. The molecule has 10 nitrogen and oxygen atoms in total. The summed E-state index contributed by atoms with van der Waals surface area (Å²) in [6, 6.07) is 3.11. The molecule has 0 spiro atoms. The molecular weight excluding hydrogens is 455 g/mol. The standard InChI is InChI=1S/C21H26ClFN6O4/c1-3-33-21(32)28-9-7-27(8-10-28)12-16-24-18-17(19(30)25-20(31)26(18)2)29(16)11-13-14(22)5-4-6-15(13)23/h4-6,17-18H,3,7-12H2,1-2H3,(H,25,30,31). The van der Waals surface area contributed by atoms with Crippen LogP contribution in [0, 0.1) is 5.82 Å². The SMILES string of the molecule is CCOC(=O)N1CCN(CC2=NC3C(C(=O)NC(=O)N3C)N2Cc2c(F)cccc2Cl)CC1. The largest absolute Gasteiger partial charge is 0.450 e. The quantitative estimate of drug-likeness (QED) is 0.683. The zero-order valence-corrected chi connectivity index (χ0v) is 19.2. The number of hydrogen-bond acceptors (Lipinski definition) is 7. The van der Waals surface area contributed by atoms with Gasteiger partial charge in [-0.1, -0.05) is 17.7 Å². The Labute approximate surface area is 195 Å². The molecule has 2 fully saturated rings. The summed E-state index contributed by atoms with van der Waals surface area (Å²) in [6.45, 7) is 4.66. The number of carbonyl (C=O) groups is 3. The second-order valence-electron chi connectivity index (χ2n) is 8.10. The van der Waals surface area contributed by atoms with Crippen LogP contribution in [-0.2, 0) is 16.1 Å². The van der Waals surface area contributed by atoms with Crippen molar-refractivity contribution in [3.05, 3.63) is 34.6 Å². The van der Waals surface area contributed by atoms with Crippen LogP contribution >= 0.6 is 11.6 Å². The van der Waals surface area contributed by atoms with Gasteiger partial charge >= 0.3 is 12.1 Å². The number of nitrogens with one attached hydrogen (secondary N) is 1. The number of fused-ring (bicyclic) bond motifs is 1. The number of piperazine rings is 1. The molecule has 3 aliphatic rings. The van der Waals surface area contributed by atoms with Gasteiger partial charge in [-0.05, 0) is 19.1 Å². The van der Waals surface area contributed by atoms with Gasteiger partial charge in [0.2, 0.25) is 0 Å². The van der Waals surface area contributed by atoms with Gasteiger partial charge in [-0.15, -0.1) is 0 Å². The van der Waals surface area contributed by atoms with Crippen LogP contribution in [0.2, 0.25) is 5.02 Å². The third-order valence-corrected chi connectivity index (χ3v) is 6.45. The molecule has 4 amide bonds. The summed E-state index contributed by atoms with van der Waals surface area (Å²) < 4.78 is 19.6. The lowest BCUT2D eigenvalue weighted by Crippen LogP contribution is -2.63. The van der Waals surface area contributed by atoms with Crippen molar-refractivity contribution in [2.45, 2.75) is 25.7 Å². The number of hydrogen-bond donors (Lipinski definition) is 1. The van der Waals surface area contributed by atoms with Crippen molar-refractivity contribution in [3.8, 4) is 0 Å². The van der Waals surface area contributed by atoms with Gasteiger partial charge in [-0.2, -0.15) is 0 Å². The van der Waals surface area contributed by atoms with Gasteiger partial charge in [0.05, 0.1) is 13.2 Å². The molecule has 33 heavy (non-hydrogen) atoms. The predicted octanol–water partition coefficient (Wildman–Crippen LogP) is 1.34. The van der Waals surface area contributed by atoms with Crippen LogP contribution in [0.4, 0.5) is 14.0 Å². The first-order valence-corrected chi connectivity index (χ1v) is 11.2. The molecule has 1 aromatic carbocycles. The minimum absolute atomic E-state index is 0.0315. The molecule has 3 heterocycles. The number of imide groups is 1. The van der Waals surface area contributed by atoms with E-state index in [9.17, 15) is 18.8 Å². The van der Waals surface area contributed by atoms with Gasteiger partial charge in [-0.25, -0.2) is 19.0 Å². The van der Waals surface area contributed by atoms with Crippen LogP contribution < -0.4 is 5.32 Å². The summed E-state index contributed by atoms with van der Waals surface area (Å²) >= 11 is 6.25. The number of aliphatic imine (C=N–C) groups is 1. The van der Waals surface area contributed by atoms with Gasteiger partial charge in [0.1, 0.15) is 11.7 Å². The third kappa shape index (κ3) is 4.60. The highest BCUT2D eigenvalue weighted by molar-refractivity contribution is 6.31. The van der Waals surface area contributed by atoms with Gasteiger partial charge in [0.15, 0.2) is 12.2 Å². The maximum absolute atomic E-state index is 14.6. The molecule has 178 valence electrons. The highest BCUT2D eigenvalue weighted by Crippen LogP contribution is 2.29. The highest BCUT2D eigenvalue weighted by Gasteiger charge is 2.48. The fourth-order valence-electron chi connectivity index (χ4n) is 4.26. The average molecular weight is 481 g/mol. The molecule has 0 bridgehead atoms. The number of rotatable bonds is 5. The number of carbonyl (C=O) groups excluding carboxylic acids is 3. The molecule has 0 saturated carbocycles. The molecule has 1 N–H and O–H groups in total. The number of likely N-dealkylation sites (N-methyl/N-ethyl adjacent to an activating group) is 1. The van der Waals surface area contributed by atoms with Crippen LogP contribution in [0.1, 0.15) is 12.5 Å². The normalized spacial score (nSPS) is 23.4. The average Bonchev–Trinajstić information content (AvgIpc) is 3.14. The fourth-order valence-corrected chi connectivity index (χ4v) is 4.48. The number of amides is 4. The second-order valence-corrected chi connectivity index (χ2v) is 8.51. The van der Waals surface area contributed by atoms with Crippen LogP contribution in [0.3, 0.4) is 0 Å². The summed E-state index contributed by atoms with van der Waals surface area (Å²) in [7, 11) is 1.57. The van der Waals surface area contributed by atoms with E-state index >= 15 is 0 Å². The summed E-state index contributed by atoms with van der Waals surface area (Å²) in [6.07, 6.45) is -1.05. The topological polar surface area (TPSA) is 97.8 Å². The fraction of sp³-hybridized carbons (Fsp3) is 0.524. The Morgan fingerprint density at radius 2 is 1.97 bits per heavy atom.